The molecular weight excluding hydrogens is 395 g/mol. The van der Waals surface area contributed by atoms with E-state index in [-0.39, 0.29) is 11.7 Å². The minimum absolute atomic E-state index is 0.0267. The van der Waals surface area contributed by atoms with Crippen molar-refractivity contribution in [3.05, 3.63) is 70.8 Å². The zero-order valence-corrected chi connectivity index (χ0v) is 19.3. The summed E-state index contributed by atoms with van der Waals surface area (Å²) in [5, 5.41) is 0. The standard InChI is InChI=1S/C25H35O4P/c1-4-5-6-7-8-9-14-23(19-18-22-15-12-13-20(2)21(22)3)24-16-10-11-17-25(24)29-30(26,27)28/h10-13,15-19,23H,4-9,14H2,1-3H3,(H2,26,27,28)/b19-18+. The van der Waals surface area contributed by atoms with Crippen LogP contribution in [-0.4, -0.2) is 9.79 Å². The van der Waals surface area contributed by atoms with Crippen molar-refractivity contribution in [2.45, 2.75) is 71.6 Å². The number of unbranched alkanes of at least 4 members (excludes halogenated alkanes) is 5. The van der Waals surface area contributed by atoms with Gasteiger partial charge in [-0.3, -0.25) is 9.79 Å². The van der Waals surface area contributed by atoms with E-state index in [0.717, 1.165) is 30.4 Å². The topological polar surface area (TPSA) is 66.8 Å². The molecule has 2 aromatic carbocycles. The van der Waals surface area contributed by atoms with Gasteiger partial charge in [-0.1, -0.05) is 94.0 Å². The molecular formula is C25H35O4P. The molecule has 0 saturated heterocycles. The Hall–Kier alpha value is -1.87. The van der Waals surface area contributed by atoms with E-state index in [2.05, 4.69) is 51.1 Å². The maximum Gasteiger partial charge on any atom is 0.524 e. The second-order valence-corrected chi connectivity index (χ2v) is 9.09. The van der Waals surface area contributed by atoms with Crippen LogP contribution < -0.4 is 4.52 Å². The molecule has 5 heteroatoms. The first-order chi connectivity index (χ1) is 14.3. The summed E-state index contributed by atoms with van der Waals surface area (Å²) >= 11 is 0. The SMILES string of the molecule is CCCCCCCCC(/C=C/c1cccc(C)c1C)c1ccccc1OP(=O)(O)O. The number of allylic oxidation sites excluding steroid dienone is 1. The highest BCUT2D eigenvalue weighted by molar-refractivity contribution is 7.46. The molecule has 1 unspecified atom stereocenters. The summed E-state index contributed by atoms with van der Waals surface area (Å²) in [6.45, 7) is 6.43. The van der Waals surface area contributed by atoms with Crippen molar-refractivity contribution >= 4 is 13.9 Å². The van der Waals surface area contributed by atoms with Crippen LogP contribution in [0.5, 0.6) is 5.75 Å². The average molecular weight is 431 g/mol. The Balaban J connectivity index is 2.24. The van der Waals surface area contributed by atoms with Crippen molar-refractivity contribution in [1.82, 2.24) is 0 Å². The maximum absolute atomic E-state index is 11.5. The molecule has 0 spiro atoms. The van der Waals surface area contributed by atoms with Crippen LogP contribution in [-0.2, 0) is 4.57 Å². The van der Waals surface area contributed by atoms with Crippen molar-refractivity contribution in [3.8, 4) is 5.75 Å². The van der Waals surface area contributed by atoms with Crippen molar-refractivity contribution < 1.29 is 18.9 Å². The third-order valence-corrected chi connectivity index (χ3v) is 5.99. The molecule has 164 valence electrons. The van der Waals surface area contributed by atoms with Gasteiger partial charge < -0.3 is 4.52 Å². The molecule has 2 aromatic rings. The molecule has 0 radical (unpaired) electrons. The largest absolute Gasteiger partial charge is 0.524 e. The molecule has 4 nitrogen and oxygen atoms in total. The van der Waals surface area contributed by atoms with Crippen LogP contribution in [0, 0.1) is 13.8 Å². The van der Waals surface area contributed by atoms with E-state index in [4.69, 9.17) is 4.52 Å². The normalized spacial score (nSPS) is 13.0. The highest BCUT2D eigenvalue weighted by atomic mass is 31.2. The van der Waals surface area contributed by atoms with E-state index in [1.165, 1.54) is 36.8 Å². The zero-order valence-electron chi connectivity index (χ0n) is 18.4. The van der Waals surface area contributed by atoms with E-state index in [0.29, 0.717) is 0 Å². The van der Waals surface area contributed by atoms with Crippen molar-refractivity contribution in [3.63, 3.8) is 0 Å². The first-order valence-corrected chi connectivity index (χ1v) is 12.4. The monoisotopic (exact) mass is 430 g/mol. The number of para-hydroxylation sites is 1. The van der Waals surface area contributed by atoms with Crippen LogP contribution >= 0.6 is 7.82 Å². The van der Waals surface area contributed by atoms with Gasteiger partial charge in [0.05, 0.1) is 0 Å². The van der Waals surface area contributed by atoms with Gasteiger partial charge in [-0.15, -0.1) is 0 Å². The Morgan fingerprint density at radius 2 is 1.67 bits per heavy atom. The summed E-state index contributed by atoms with van der Waals surface area (Å²) in [6.07, 6.45) is 12.4. The van der Waals surface area contributed by atoms with E-state index in [9.17, 15) is 14.4 Å². The number of hydrogen-bond donors (Lipinski definition) is 2. The maximum atomic E-state index is 11.5. The molecule has 0 aromatic heterocycles. The van der Waals surface area contributed by atoms with Crippen molar-refractivity contribution in [1.29, 1.82) is 0 Å². The average Bonchev–Trinajstić information content (AvgIpc) is 2.69. The van der Waals surface area contributed by atoms with Crippen LogP contribution in [0.3, 0.4) is 0 Å². The van der Waals surface area contributed by atoms with Crippen molar-refractivity contribution in [2.75, 3.05) is 0 Å². The lowest BCUT2D eigenvalue weighted by Crippen LogP contribution is -2.01. The fourth-order valence-corrected chi connectivity index (χ4v) is 4.09. The number of rotatable bonds is 12. The van der Waals surface area contributed by atoms with Gasteiger partial charge in [0, 0.05) is 11.5 Å². The van der Waals surface area contributed by atoms with Gasteiger partial charge >= 0.3 is 7.82 Å². The lowest BCUT2D eigenvalue weighted by molar-refractivity contribution is 0.282. The summed E-state index contributed by atoms with van der Waals surface area (Å²) < 4.78 is 16.5. The summed E-state index contributed by atoms with van der Waals surface area (Å²) in [5.41, 5.74) is 4.47. The Bertz CT molecular complexity index is 869. The van der Waals surface area contributed by atoms with Gasteiger partial charge in [0.2, 0.25) is 0 Å². The Kier molecular flexibility index (Phi) is 9.84. The molecule has 0 aliphatic carbocycles. The fourth-order valence-electron chi connectivity index (χ4n) is 3.67. The van der Waals surface area contributed by atoms with Gasteiger partial charge in [-0.05, 0) is 43.0 Å². The minimum atomic E-state index is -4.61. The number of phosphoric acid groups is 1. The molecule has 2 rings (SSSR count). The molecule has 0 aliphatic heterocycles. The molecule has 0 aliphatic rings. The fraction of sp³-hybridized carbons (Fsp3) is 0.440. The molecule has 0 fully saturated rings. The molecule has 1 atom stereocenters. The highest BCUT2D eigenvalue weighted by Gasteiger charge is 2.21. The van der Waals surface area contributed by atoms with Crippen LogP contribution in [0.2, 0.25) is 0 Å². The molecule has 0 heterocycles. The third kappa shape index (κ3) is 8.10. The van der Waals surface area contributed by atoms with Crippen LogP contribution in [0.25, 0.3) is 6.08 Å². The number of aryl methyl sites for hydroxylation is 1. The van der Waals surface area contributed by atoms with Gasteiger partial charge in [0.1, 0.15) is 5.75 Å². The summed E-state index contributed by atoms with van der Waals surface area (Å²) in [5.74, 6) is 0.284. The zero-order chi connectivity index (χ0) is 22.0. The van der Waals surface area contributed by atoms with E-state index in [1.807, 2.05) is 12.1 Å². The Morgan fingerprint density at radius 3 is 2.40 bits per heavy atom. The molecule has 30 heavy (non-hydrogen) atoms. The Morgan fingerprint density at radius 1 is 0.967 bits per heavy atom. The lowest BCUT2D eigenvalue weighted by Gasteiger charge is -2.18. The quantitative estimate of drug-likeness (QED) is 0.273. The molecule has 2 N–H and O–H groups in total. The summed E-state index contributed by atoms with van der Waals surface area (Å²) in [6, 6.07) is 13.4. The summed E-state index contributed by atoms with van der Waals surface area (Å²) in [4.78, 5) is 18.6. The predicted octanol–water partition coefficient (Wildman–Crippen LogP) is 7.32. The van der Waals surface area contributed by atoms with Gasteiger partial charge in [0.15, 0.2) is 0 Å². The highest BCUT2D eigenvalue weighted by Crippen LogP contribution is 2.42. The second kappa shape index (κ2) is 12.1. The van der Waals surface area contributed by atoms with E-state index in [1.54, 1.807) is 12.1 Å². The van der Waals surface area contributed by atoms with Gasteiger partial charge in [-0.2, -0.15) is 0 Å². The van der Waals surface area contributed by atoms with Crippen LogP contribution in [0.4, 0.5) is 0 Å². The van der Waals surface area contributed by atoms with Crippen molar-refractivity contribution in [2.24, 2.45) is 0 Å². The van der Waals surface area contributed by atoms with Gasteiger partial charge in [-0.25, -0.2) is 4.57 Å². The number of hydrogen-bond acceptors (Lipinski definition) is 2. The Labute approximate surface area is 181 Å². The van der Waals surface area contributed by atoms with Crippen LogP contribution in [0.1, 0.15) is 80.0 Å². The first kappa shape index (κ1) is 24.4. The number of phosphoric ester groups is 1. The van der Waals surface area contributed by atoms with Gasteiger partial charge in [0.25, 0.3) is 0 Å². The molecule has 0 saturated carbocycles. The molecule has 0 amide bonds. The lowest BCUT2D eigenvalue weighted by atomic mass is 9.90. The first-order valence-electron chi connectivity index (χ1n) is 10.9. The number of benzene rings is 2. The third-order valence-electron chi connectivity index (χ3n) is 5.56. The van der Waals surface area contributed by atoms with E-state index >= 15 is 0 Å². The van der Waals surface area contributed by atoms with E-state index < -0.39 is 7.82 Å². The van der Waals surface area contributed by atoms with Crippen LogP contribution in [0.15, 0.2) is 48.5 Å². The summed E-state index contributed by atoms with van der Waals surface area (Å²) in [7, 11) is -4.61. The second-order valence-electron chi connectivity index (χ2n) is 7.93. The molecule has 0 bridgehead atoms. The predicted molar refractivity (Wildman–Crippen MR) is 125 cm³/mol. The minimum Gasteiger partial charge on any atom is -0.404 e. The smallest absolute Gasteiger partial charge is 0.404 e.